The van der Waals surface area contributed by atoms with E-state index in [-0.39, 0.29) is 11.8 Å². The fraction of sp³-hybridized carbons (Fsp3) is 0.818. The zero-order valence-electron chi connectivity index (χ0n) is 8.03. The predicted octanol–water partition coefficient (Wildman–Crippen LogP) is 1.83. The summed E-state index contributed by atoms with van der Waals surface area (Å²) >= 11 is 0. The second kappa shape index (κ2) is 3.24. The van der Waals surface area contributed by atoms with Gasteiger partial charge in [-0.1, -0.05) is 6.92 Å². The van der Waals surface area contributed by atoms with Crippen LogP contribution >= 0.6 is 0 Å². The summed E-state index contributed by atoms with van der Waals surface area (Å²) in [6.45, 7) is 2.22. The molecule has 0 radical (unpaired) electrons. The van der Waals surface area contributed by atoms with Crippen LogP contribution in [0.3, 0.4) is 0 Å². The smallest absolute Gasteiger partial charge is 0.136 e. The molecule has 2 fully saturated rings. The minimum Gasteiger partial charge on any atom is -0.303 e. The highest BCUT2D eigenvalue weighted by atomic mass is 16.1. The molecule has 13 heavy (non-hydrogen) atoms. The number of carbonyl (C=O) groups is 2. The van der Waals surface area contributed by atoms with Crippen molar-refractivity contribution >= 4 is 12.1 Å². The Morgan fingerprint density at radius 2 is 2.08 bits per heavy atom. The van der Waals surface area contributed by atoms with E-state index in [2.05, 4.69) is 6.92 Å². The van der Waals surface area contributed by atoms with Crippen LogP contribution < -0.4 is 0 Å². The third-order valence-corrected chi connectivity index (χ3v) is 3.88. The minimum absolute atomic E-state index is 0.0381. The topological polar surface area (TPSA) is 34.1 Å². The Balaban J connectivity index is 2.21. The highest BCUT2D eigenvalue weighted by molar-refractivity contribution is 5.86. The highest BCUT2D eigenvalue weighted by Crippen LogP contribution is 2.45. The van der Waals surface area contributed by atoms with Crippen molar-refractivity contribution in [3.05, 3.63) is 0 Å². The summed E-state index contributed by atoms with van der Waals surface area (Å²) in [5, 5.41) is 0. The van der Waals surface area contributed by atoms with Gasteiger partial charge in [0.05, 0.1) is 0 Å². The Labute approximate surface area is 78.7 Å². The molecule has 0 unspecified atom stereocenters. The molecule has 0 aromatic rings. The van der Waals surface area contributed by atoms with Gasteiger partial charge in [-0.05, 0) is 31.1 Å². The van der Waals surface area contributed by atoms with Crippen molar-refractivity contribution in [2.75, 3.05) is 0 Å². The fourth-order valence-electron chi connectivity index (χ4n) is 3.09. The molecule has 2 heteroatoms. The van der Waals surface area contributed by atoms with Crippen LogP contribution in [0.2, 0.25) is 0 Å². The molecule has 0 spiro atoms. The van der Waals surface area contributed by atoms with Gasteiger partial charge in [-0.2, -0.15) is 0 Å². The lowest BCUT2D eigenvalue weighted by Gasteiger charge is -2.34. The minimum atomic E-state index is 0.0381. The number of hydrogen-bond acceptors (Lipinski definition) is 2. The van der Waals surface area contributed by atoms with Crippen molar-refractivity contribution in [1.29, 1.82) is 0 Å². The van der Waals surface area contributed by atoms with E-state index in [0.717, 1.165) is 25.5 Å². The van der Waals surface area contributed by atoms with Gasteiger partial charge in [-0.3, -0.25) is 4.79 Å². The molecule has 72 valence electrons. The fourth-order valence-corrected chi connectivity index (χ4v) is 3.09. The Hall–Kier alpha value is -0.660. The van der Waals surface area contributed by atoms with Crippen molar-refractivity contribution in [2.24, 2.45) is 23.7 Å². The first kappa shape index (κ1) is 8.92. The van der Waals surface area contributed by atoms with Gasteiger partial charge in [-0.15, -0.1) is 0 Å². The van der Waals surface area contributed by atoms with Gasteiger partial charge in [0.2, 0.25) is 0 Å². The largest absolute Gasteiger partial charge is 0.303 e. The number of Topliss-reactive ketones (excluding diaryl/α,β-unsaturated/α-hetero) is 1. The summed E-state index contributed by atoms with van der Waals surface area (Å²) in [5.74, 6) is 1.62. The Morgan fingerprint density at radius 1 is 1.31 bits per heavy atom. The van der Waals surface area contributed by atoms with Crippen molar-refractivity contribution in [2.45, 2.75) is 32.6 Å². The SMILES string of the molecule is C[C@@H]1CC[C@@H](C=O)[C@H]2C(=O)CC[C@@H]21. The van der Waals surface area contributed by atoms with Crippen LogP contribution in [0.25, 0.3) is 0 Å². The summed E-state index contributed by atoms with van der Waals surface area (Å²) in [5.41, 5.74) is 0. The Bertz CT molecular complexity index is 234. The lowest BCUT2D eigenvalue weighted by Crippen LogP contribution is -2.34. The van der Waals surface area contributed by atoms with Gasteiger partial charge >= 0.3 is 0 Å². The molecule has 2 aliphatic rings. The average Bonchev–Trinajstić information content (AvgIpc) is 2.51. The Morgan fingerprint density at radius 3 is 2.77 bits per heavy atom. The van der Waals surface area contributed by atoms with E-state index >= 15 is 0 Å². The molecule has 2 aliphatic carbocycles. The first-order valence-electron chi connectivity index (χ1n) is 5.22. The summed E-state index contributed by atoms with van der Waals surface area (Å²) in [7, 11) is 0. The number of fused-ring (bicyclic) bond motifs is 1. The van der Waals surface area contributed by atoms with E-state index < -0.39 is 0 Å². The molecule has 0 N–H and O–H groups in total. The molecule has 4 atom stereocenters. The zero-order chi connectivity index (χ0) is 9.42. The quantitative estimate of drug-likeness (QED) is 0.577. The van der Waals surface area contributed by atoms with Crippen LogP contribution in [-0.4, -0.2) is 12.1 Å². The number of hydrogen-bond donors (Lipinski definition) is 0. The van der Waals surface area contributed by atoms with Crippen LogP contribution in [-0.2, 0) is 9.59 Å². The van der Waals surface area contributed by atoms with Gasteiger partial charge in [0.1, 0.15) is 12.1 Å². The first-order valence-corrected chi connectivity index (χ1v) is 5.22. The summed E-state index contributed by atoms with van der Waals surface area (Å²) < 4.78 is 0. The standard InChI is InChI=1S/C11H16O2/c1-7-2-3-8(6-12)11-9(7)4-5-10(11)13/h6-9,11H,2-5H2,1H3/t7-,8+,9-,11-/m1/s1. The molecular weight excluding hydrogens is 164 g/mol. The van der Waals surface area contributed by atoms with E-state index in [9.17, 15) is 9.59 Å². The summed E-state index contributed by atoms with van der Waals surface area (Å²) in [4.78, 5) is 22.4. The van der Waals surface area contributed by atoms with Crippen molar-refractivity contribution in [3.63, 3.8) is 0 Å². The summed E-state index contributed by atoms with van der Waals surface area (Å²) in [6.07, 6.45) is 4.79. The number of ketones is 1. The van der Waals surface area contributed by atoms with Gasteiger partial charge in [-0.25, -0.2) is 0 Å². The second-order valence-corrected chi connectivity index (χ2v) is 4.55. The molecule has 2 rings (SSSR count). The third-order valence-electron chi connectivity index (χ3n) is 3.88. The molecular formula is C11H16O2. The van der Waals surface area contributed by atoms with Crippen LogP contribution in [0.15, 0.2) is 0 Å². The first-order chi connectivity index (χ1) is 6.24. The van der Waals surface area contributed by atoms with E-state index in [1.54, 1.807) is 0 Å². The normalized spacial score (nSPS) is 44.5. The van der Waals surface area contributed by atoms with Crippen LogP contribution in [0.1, 0.15) is 32.6 Å². The molecule has 2 saturated carbocycles. The van der Waals surface area contributed by atoms with Gasteiger partial charge in [0.25, 0.3) is 0 Å². The molecule has 0 bridgehead atoms. The van der Waals surface area contributed by atoms with E-state index in [0.29, 0.717) is 24.0 Å². The highest BCUT2D eigenvalue weighted by Gasteiger charge is 2.45. The van der Waals surface area contributed by atoms with Crippen LogP contribution in [0.4, 0.5) is 0 Å². The zero-order valence-corrected chi connectivity index (χ0v) is 8.03. The number of rotatable bonds is 1. The maximum atomic E-state index is 11.6. The van der Waals surface area contributed by atoms with Gasteiger partial charge < -0.3 is 4.79 Å². The average molecular weight is 180 g/mol. The summed E-state index contributed by atoms with van der Waals surface area (Å²) in [6, 6.07) is 0. The molecule has 0 heterocycles. The van der Waals surface area contributed by atoms with Crippen LogP contribution in [0.5, 0.6) is 0 Å². The van der Waals surface area contributed by atoms with E-state index in [1.807, 2.05) is 0 Å². The van der Waals surface area contributed by atoms with Crippen molar-refractivity contribution < 1.29 is 9.59 Å². The number of carbonyl (C=O) groups excluding carboxylic acids is 2. The molecule has 0 saturated heterocycles. The maximum Gasteiger partial charge on any atom is 0.136 e. The van der Waals surface area contributed by atoms with Crippen molar-refractivity contribution in [3.8, 4) is 0 Å². The van der Waals surface area contributed by atoms with E-state index in [4.69, 9.17) is 0 Å². The molecule has 0 aromatic carbocycles. The lowest BCUT2D eigenvalue weighted by atomic mass is 9.69. The van der Waals surface area contributed by atoms with Gasteiger partial charge in [0, 0.05) is 18.3 Å². The predicted molar refractivity (Wildman–Crippen MR) is 49.2 cm³/mol. The third kappa shape index (κ3) is 1.32. The molecule has 0 aliphatic heterocycles. The molecule has 0 amide bonds. The monoisotopic (exact) mass is 180 g/mol. The second-order valence-electron chi connectivity index (χ2n) is 4.55. The van der Waals surface area contributed by atoms with Gasteiger partial charge in [0.15, 0.2) is 0 Å². The Kier molecular flexibility index (Phi) is 2.22. The maximum absolute atomic E-state index is 11.6. The van der Waals surface area contributed by atoms with E-state index in [1.165, 1.54) is 0 Å². The molecule has 2 nitrogen and oxygen atoms in total. The van der Waals surface area contributed by atoms with Crippen molar-refractivity contribution in [1.82, 2.24) is 0 Å². The number of aldehydes is 1. The molecule has 0 aromatic heterocycles. The van der Waals surface area contributed by atoms with Crippen LogP contribution in [0, 0.1) is 23.7 Å². The lowest BCUT2D eigenvalue weighted by molar-refractivity contribution is -0.128.